The maximum absolute atomic E-state index is 13.8. The van der Waals surface area contributed by atoms with E-state index in [1.165, 1.54) is 25.3 Å². The Morgan fingerprint density at radius 2 is 1.79 bits per heavy atom. The lowest BCUT2D eigenvalue weighted by atomic mass is 9.78. The fourth-order valence-corrected chi connectivity index (χ4v) is 3.24. The van der Waals surface area contributed by atoms with Gasteiger partial charge in [-0.05, 0) is 37.7 Å². The lowest BCUT2D eigenvalue weighted by Crippen LogP contribution is -2.44. The Morgan fingerprint density at radius 3 is 2.37 bits per heavy atom. The highest BCUT2D eigenvalue weighted by molar-refractivity contribution is 5.21. The van der Waals surface area contributed by atoms with Gasteiger partial charge in [0, 0.05) is 23.7 Å². The standard InChI is InChI=1S/C16H23F2N/c1-10-5-4-6-11(2)16(10)19-12(3)14-8-7-13(17)9-15(14)18/h7-12,16,19H,4-6H2,1-3H3. The molecule has 2 rings (SSSR count). The molecule has 1 saturated carbocycles. The summed E-state index contributed by atoms with van der Waals surface area (Å²) in [6, 6.07) is 4.15. The van der Waals surface area contributed by atoms with Crippen molar-refractivity contribution in [2.75, 3.05) is 0 Å². The third-order valence-electron chi connectivity index (χ3n) is 4.42. The highest BCUT2D eigenvalue weighted by Gasteiger charge is 2.29. The molecule has 1 aromatic rings. The maximum Gasteiger partial charge on any atom is 0.130 e. The molecule has 3 atom stereocenters. The lowest BCUT2D eigenvalue weighted by Gasteiger charge is -2.37. The van der Waals surface area contributed by atoms with E-state index in [9.17, 15) is 8.78 Å². The highest BCUT2D eigenvalue weighted by atomic mass is 19.1. The van der Waals surface area contributed by atoms with Gasteiger partial charge in [0.05, 0.1) is 0 Å². The summed E-state index contributed by atoms with van der Waals surface area (Å²) in [4.78, 5) is 0. The molecule has 0 spiro atoms. The first kappa shape index (κ1) is 14.4. The van der Waals surface area contributed by atoms with Crippen molar-refractivity contribution in [3.8, 4) is 0 Å². The van der Waals surface area contributed by atoms with Crippen molar-refractivity contribution in [2.24, 2.45) is 11.8 Å². The Morgan fingerprint density at radius 1 is 1.16 bits per heavy atom. The summed E-state index contributed by atoms with van der Waals surface area (Å²) in [5.74, 6) is 0.230. The van der Waals surface area contributed by atoms with Crippen LogP contribution in [0, 0.1) is 23.5 Å². The smallest absolute Gasteiger partial charge is 0.130 e. The molecule has 3 unspecified atom stereocenters. The van der Waals surface area contributed by atoms with Gasteiger partial charge < -0.3 is 5.32 Å². The van der Waals surface area contributed by atoms with E-state index < -0.39 is 11.6 Å². The van der Waals surface area contributed by atoms with E-state index in [4.69, 9.17) is 0 Å². The summed E-state index contributed by atoms with van der Waals surface area (Å²) in [5.41, 5.74) is 0.548. The molecule has 0 aromatic heterocycles. The van der Waals surface area contributed by atoms with Crippen molar-refractivity contribution in [3.63, 3.8) is 0 Å². The molecule has 1 aromatic carbocycles. The fraction of sp³-hybridized carbons (Fsp3) is 0.625. The zero-order valence-corrected chi connectivity index (χ0v) is 11.9. The summed E-state index contributed by atoms with van der Waals surface area (Å²) < 4.78 is 26.7. The average Bonchev–Trinajstić information content (AvgIpc) is 2.33. The number of benzene rings is 1. The summed E-state index contributed by atoms with van der Waals surface area (Å²) in [6.45, 7) is 6.45. The molecule has 0 saturated heterocycles. The Hall–Kier alpha value is -0.960. The van der Waals surface area contributed by atoms with Crippen molar-refractivity contribution >= 4 is 0 Å². The molecular formula is C16H23F2N. The minimum atomic E-state index is -0.521. The minimum absolute atomic E-state index is 0.0893. The van der Waals surface area contributed by atoms with E-state index in [0.29, 0.717) is 23.4 Å². The Kier molecular flexibility index (Phi) is 4.56. The Bertz CT molecular complexity index is 423. The first-order valence-electron chi connectivity index (χ1n) is 7.20. The van der Waals surface area contributed by atoms with Crippen LogP contribution in [0.15, 0.2) is 18.2 Å². The van der Waals surface area contributed by atoms with Crippen molar-refractivity contribution in [2.45, 2.75) is 52.1 Å². The van der Waals surface area contributed by atoms with E-state index in [0.717, 1.165) is 6.07 Å². The highest BCUT2D eigenvalue weighted by Crippen LogP contribution is 2.31. The van der Waals surface area contributed by atoms with Crippen molar-refractivity contribution in [1.29, 1.82) is 0 Å². The second-order valence-corrected chi connectivity index (χ2v) is 5.97. The molecule has 0 heterocycles. The molecule has 1 aliphatic carbocycles. The summed E-state index contributed by atoms with van der Waals surface area (Å²) >= 11 is 0. The maximum atomic E-state index is 13.8. The van der Waals surface area contributed by atoms with Crippen LogP contribution < -0.4 is 5.32 Å². The van der Waals surface area contributed by atoms with Gasteiger partial charge in [-0.1, -0.05) is 26.3 Å². The number of nitrogens with one attached hydrogen (secondary N) is 1. The van der Waals surface area contributed by atoms with Gasteiger partial charge in [0.2, 0.25) is 0 Å². The van der Waals surface area contributed by atoms with Crippen molar-refractivity contribution in [3.05, 3.63) is 35.4 Å². The number of rotatable bonds is 3. The summed E-state index contributed by atoms with van der Waals surface area (Å²) in [7, 11) is 0. The van der Waals surface area contributed by atoms with Crippen LogP contribution in [0.1, 0.15) is 51.6 Å². The van der Waals surface area contributed by atoms with Crippen molar-refractivity contribution < 1.29 is 8.78 Å². The molecule has 1 nitrogen and oxygen atoms in total. The van der Waals surface area contributed by atoms with Crippen molar-refractivity contribution in [1.82, 2.24) is 5.32 Å². The first-order valence-corrected chi connectivity index (χ1v) is 7.20. The predicted octanol–water partition coefficient (Wildman–Crippen LogP) is 4.44. The molecule has 0 amide bonds. The van der Waals surface area contributed by atoms with Crippen LogP contribution >= 0.6 is 0 Å². The first-order chi connectivity index (χ1) is 8.99. The molecule has 19 heavy (non-hydrogen) atoms. The molecule has 1 fully saturated rings. The molecule has 3 heteroatoms. The van der Waals surface area contributed by atoms with E-state index in [2.05, 4.69) is 19.2 Å². The normalized spacial score (nSPS) is 29.2. The van der Waals surface area contributed by atoms with Gasteiger partial charge in [0.1, 0.15) is 11.6 Å². The van der Waals surface area contributed by atoms with E-state index in [1.807, 2.05) is 6.92 Å². The van der Waals surface area contributed by atoms with Crippen LogP contribution in [-0.2, 0) is 0 Å². The molecule has 1 N–H and O–H groups in total. The fourth-order valence-electron chi connectivity index (χ4n) is 3.24. The Balaban J connectivity index is 2.09. The number of hydrogen-bond acceptors (Lipinski definition) is 1. The van der Waals surface area contributed by atoms with Crippen LogP contribution in [0.25, 0.3) is 0 Å². The molecule has 0 bridgehead atoms. The van der Waals surface area contributed by atoms with Gasteiger partial charge in [-0.2, -0.15) is 0 Å². The van der Waals surface area contributed by atoms with Gasteiger partial charge in [0.25, 0.3) is 0 Å². The van der Waals surface area contributed by atoms with Gasteiger partial charge in [-0.3, -0.25) is 0 Å². The number of halogens is 2. The quantitative estimate of drug-likeness (QED) is 0.853. The third-order valence-corrected chi connectivity index (χ3v) is 4.42. The van der Waals surface area contributed by atoms with E-state index >= 15 is 0 Å². The van der Waals surface area contributed by atoms with Crippen LogP contribution in [0.5, 0.6) is 0 Å². The van der Waals surface area contributed by atoms with Crippen LogP contribution in [-0.4, -0.2) is 6.04 Å². The number of hydrogen-bond donors (Lipinski definition) is 1. The topological polar surface area (TPSA) is 12.0 Å². The van der Waals surface area contributed by atoms with Crippen LogP contribution in [0.3, 0.4) is 0 Å². The lowest BCUT2D eigenvalue weighted by molar-refractivity contribution is 0.195. The van der Waals surface area contributed by atoms with Gasteiger partial charge in [-0.25, -0.2) is 8.78 Å². The molecular weight excluding hydrogens is 244 g/mol. The molecule has 106 valence electrons. The zero-order chi connectivity index (χ0) is 14.0. The Labute approximate surface area is 114 Å². The minimum Gasteiger partial charge on any atom is -0.307 e. The van der Waals surface area contributed by atoms with E-state index in [-0.39, 0.29) is 6.04 Å². The van der Waals surface area contributed by atoms with Gasteiger partial charge >= 0.3 is 0 Å². The largest absolute Gasteiger partial charge is 0.307 e. The average molecular weight is 267 g/mol. The molecule has 0 aliphatic heterocycles. The monoisotopic (exact) mass is 267 g/mol. The van der Waals surface area contributed by atoms with Crippen LogP contribution in [0.4, 0.5) is 8.78 Å². The summed E-state index contributed by atoms with van der Waals surface area (Å²) in [6.07, 6.45) is 3.72. The SMILES string of the molecule is CC(NC1C(C)CCCC1C)c1ccc(F)cc1F. The third kappa shape index (κ3) is 3.33. The van der Waals surface area contributed by atoms with Gasteiger partial charge in [0.15, 0.2) is 0 Å². The second kappa shape index (κ2) is 6.00. The second-order valence-electron chi connectivity index (χ2n) is 5.97. The zero-order valence-electron chi connectivity index (χ0n) is 11.9. The predicted molar refractivity (Wildman–Crippen MR) is 73.9 cm³/mol. The molecule has 0 radical (unpaired) electrons. The van der Waals surface area contributed by atoms with Crippen LogP contribution in [0.2, 0.25) is 0 Å². The van der Waals surface area contributed by atoms with E-state index in [1.54, 1.807) is 6.07 Å². The molecule has 1 aliphatic rings. The van der Waals surface area contributed by atoms with Gasteiger partial charge in [-0.15, -0.1) is 0 Å². The summed E-state index contributed by atoms with van der Waals surface area (Å²) in [5, 5.41) is 3.53.